The lowest BCUT2D eigenvalue weighted by molar-refractivity contribution is -0.154. The molecular formula is C29H26N2O6. The first-order valence-corrected chi connectivity index (χ1v) is 12.1. The van der Waals surface area contributed by atoms with Crippen LogP contribution in [0.4, 0.5) is 5.69 Å². The molecule has 37 heavy (non-hydrogen) atoms. The van der Waals surface area contributed by atoms with Crippen LogP contribution in [0.25, 0.3) is 0 Å². The van der Waals surface area contributed by atoms with Crippen molar-refractivity contribution in [3.63, 3.8) is 0 Å². The molecule has 2 aliphatic rings. The summed E-state index contributed by atoms with van der Waals surface area (Å²) in [7, 11) is 0. The van der Waals surface area contributed by atoms with Crippen LogP contribution < -0.4 is 10.2 Å². The number of imide groups is 1. The Kier molecular flexibility index (Phi) is 6.35. The molecule has 0 saturated carbocycles. The predicted molar refractivity (Wildman–Crippen MR) is 135 cm³/mol. The normalized spacial score (nSPS) is 24.7. The van der Waals surface area contributed by atoms with Gasteiger partial charge in [-0.05, 0) is 42.3 Å². The van der Waals surface area contributed by atoms with Crippen molar-refractivity contribution in [3.05, 3.63) is 102 Å². The largest absolute Gasteiger partial charge is 0.478 e. The van der Waals surface area contributed by atoms with Gasteiger partial charge in [-0.25, -0.2) is 9.69 Å². The standard InChI is InChI=1S/C29H26N2O6/c1-2-37-28(36)29(17-18-9-5-3-6-10-18)23-22(24(30-29)19-11-7-4-8-12-19)25(32)31(26(23)33)21-15-13-20(14-16-21)27(34)35/h3-16,22-24,30H,2,17H2,1H3,(H,34,35)/t22-,23-,24-,29-/m0/s1. The van der Waals surface area contributed by atoms with Crippen LogP contribution in [-0.2, 0) is 25.5 Å². The van der Waals surface area contributed by atoms with Gasteiger partial charge in [0, 0.05) is 12.5 Å². The zero-order chi connectivity index (χ0) is 26.2. The molecule has 4 atom stereocenters. The molecule has 3 aromatic carbocycles. The Morgan fingerprint density at radius 2 is 1.54 bits per heavy atom. The number of carbonyl (C=O) groups excluding carboxylic acids is 3. The second-order valence-corrected chi connectivity index (χ2v) is 9.25. The summed E-state index contributed by atoms with van der Waals surface area (Å²) < 4.78 is 5.51. The van der Waals surface area contributed by atoms with Crippen LogP contribution in [0.3, 0.4) is 0 Å². The number of fused-ring (bicyclic) bond motifs is 1. The monoisotopic (exact) mass is 498 g/mol. The molecule has 0 unspecified atom stereocenters. The highest BCUT2D eigenvalue weighted by atomic mass is 16.5. The van der Waals surface area contributed by atoms with E-state index in [9.17, 15) is 24.3 Å². The summed E-state index contributed by atoms with van der Waals surface area (Å²) in [4.78, 5) is 54.0. The number of hydrogen-bond donors (Lipinski definition) is 2. The van der Waals surface area contributed by atoms with Gasteiger partial charge in [-0.2, -0.15) is 0 Å². The number of amides is 2. The van der Waals surface area contributed by atoms with Gasteiger partial charge in [-0.1, -0.05) is 60.7 Å². The zero-order valence-corrected chi connectivity index (χ0v) is 20.2. The number of carboxylic acids is 1. The first kappa shape index (κ1) is 24.4. The number of hydrogen-bond acceptors (Lipinski definition) is 6. The SMILES string of the molecule is CCOC(=O)[C@@]1(Cc2ccccc2)N[C@@H](c2ccccc2)[C@H]2C(=O)N(c3ccc(C(=O)O)cc3)C(=O)[C@H]21. The average Bonchev–Trinajstić information content (AvgIpc) is 3.39. The highest BCUT2D eigenvalue weighted by molar-refractivity contribution is 6.24. The lowest BCUT2D eigenvalue weighted by atomic mass is 9.76. The Bertz CT molecular complexity index is 1340. The maximum atomic E-state index is 14.0. The lowest BCUT2D eigenvalue weighted by Gasteiger charge is -2.33. The van der Waals surface area contributed by atoms with Crippen molar-refractivity contribution in [3.8, 4) is 0 Å². The van der Waals surface area contributed by atoms with Crippen LogP contribution in [-0.4, -0.2) is 41.0 Å². The van der Waals surface area contributed by atoms with Gasteiger partial charge in [-0.3, -0.25) is 19.7 Å². The number of rotatable bonds is 7. The molecule has 2 aliphatic heterocycles. The maximum Gasteiger partial charge on any atom is 0.335 e. The van der Waals surface area contributed by atoms with E-state index >= 15 is 0 Å². The molecule has 0 aromatic heterocycles. The fourth-order valence-corrected chi connectivity index (χ4v) is 5.56. The van der Waals surface area contributed by atoms with Gasteiger partial charge >= 0.3 is 11.9 Å². The first-order chi connectivity index (χ1) is 17.9. The molecule has 0 bridgehead atoms. The third-order valence-corrected chi connectivity index (χ3v) is 7.15. The molecule has 3 aromatic rings. The van der Waals surface area contributed by atoms with Crippen molar-refractivity contribution in [2.24, 2.45) is 11.8 Å². The molecule has 2 amide bonds. The molecule has 2 fully saturated rings. The number of benzene rings is 3. The van der Waals surface area contributed by atoms with Gasteiger partial charge in [0.2, 0.25) is 11.8 Å². The summed E-state index contributed by atoms with van der Waals surface area (Å²) in [5.74, 6) is -4.55. The second-order valence-electron chi connectivity index (χ2n) is 9.25. The minimum Gasteiger partial charge on any atom is -0.478 e. The van der Waals surface area contributed by atoms with E-state index in [2.05, 4.69) is 5.32 Å². The van der Waals surface area contributed by atoms with Crippen LogP contribution in [0.1, 0.15) is 34.5 Å². The van der Waals surface area contributed by atoms with Crippen molar-refractivity contribution < 1.29 is 29.0 Å². The molecule has 2 N–H and O–H groups in total. The van der Waals surface area contributed by atoms with Gasteiger partial charge in [0.25, 0.3) is 0 Å². The van der Waals surface area contributed by atoms with Crippen LogP contribution in [0, 0.1) is 11.8 Å². The Morgan fingerprint density at radius 3 is 2.14 bits per heavy atom. The number of carboxylic acid groups (broad SMARTS) is 1. The summed E-state index contributed by atoms with van der Waals surface area (Å²) in [5.41, 5.74) is 0.418. The molecule has 188 valence electrons. The van der Waals surface area contributed by atoms with E-state index in [1.54, 1.807) is 6.92 Å². The molecule has 2 saturated heterocycles. The van der Waals surface area contributed by atoms with Crippen molar-refractivity contribution in [1.29, 1.82) is 0 Å². The Labute approximate surface area is 213 Å². The number of nitrogens with zero attached hydrogens (tertiary/aromatic N) is 1. The Balaban J connectivity index is 1.65. The lowest BCUT2D eigenvalue weighted by Crippen LogP contribution is -2.58. The zero-order valence-electron chi connectivity index (χ0n) is 20.2. The van der Waals surface area contributed by atoms with E-state index in [4.69, 9.17) is 4.74 Å². The van der Waals surface area contributed by atoms with Crippen molar-refractivity contribution >= 4 is 29.4 Å². The third kappa shape index (κ3) is 4.09. The van der Waals surface area contributed by atoms with Gasteiger partial charge in [-0.15, -0.1) is 0 Å². The van der Waals surface area contributed by atoms with Crippen molar-refractivity contribution in [2.45, 2.75) is 24.9 Å². The van der Waals surface area contributed by atoms with E-state index in [1.807, 2.05) is 60.7 Å². The predicted octanol–water partition coefficient (Wildman–Crippen LogP) is 3.38. The van der Waals surface area contributed by atoms with Gasteiger partial charge in [0.1, 0.15) is 5.54 Å². The van der Waals surface area contributed by atoms with Crippen LogP contribution in [0.2, 0.25) is 0 Å². The van der Waals surface area contributed by atoms with Crippen molar-refractivity contribution in [2.75, 3.05) is 11.5 Å². The number of aromatic carboxylic acids is 1. The molecule has 0 aliphatic carbocycles. The van der Waals surface area contributed by atoms with E-state index in [0.717, 1.165) is 16.0 Å². The smallest absolute Gasteiger partial charge is 0.335 e. The van der Waals surface area contributed by atoms with E-state index in [-0.39, 0.29) is 24.3 Å². The highest BCUT2D eigenvalue weighted by Gasteiger charge is 2.69. The summed E-state index contributed by atoms with van der Waals surface area (Å²) >= 11 is 0. The number of nitrogens with one attached hydrogen (secondary N) is 1. The van der Waals surface area contributed by atoms with Crippen molar-refractivity contribution in [1.82, 2.24) is 5.32 Å². The third-order valence-electron chi connectivity index (χ3n) is 7.15. The molecule has 2 heterocycles. The molecule has 8 nitrogen and oxygen atoms in total. The second kappa shape index (κ2) is 9.63. The average molecular weight is 499 g/mol. The summed E-state index contributed by atoms with van der Waals surface area (Å²) in [6.07, 6.45) is 0.155. The number of anilines is 1. The molecular weight excluding hydrogens is 472 g/mol. The van der Waals surface area contributed by atoms with Gasteiger partial charge in [0.05, 0.1) is 29.7 Å². The first-order valence-electron chi connectivity index (χ1n) is 12.1. The fraction of sp³-hybridized carbons (Fsp3) is 0.241. The topological polar surface area (TPSA) is 113 Å². The van der Waals surface area contributed by atoms with E-state index < -0.39 is 47.2 Å². The van der Waals surface area contributed by atoms with E-state index in [0.29, 0.717) is 0 Å². The van der Waals surface area contributed by atoms with Gasteiger partial charge < -0.3 is 9.84 Å². The minimum atomic E-state index is -1.48. The quantitative estimate of drug-likeness (QED) is 0.379. The highest BCUT2D eigenvalue weighted by Crippen LogP contribution is 2.51. The molecule has 5 rings (SSSR count). The minimum absolute atomic E-state index is 0.0387. The summed E-state index contributed by atoms with van der Waals surface area (Å²) in [6.45, 7) is 1.82. The van der Waals surface area contributed by atoms with Crippen LogP contribution >= 0.6 is 0 Å². The summed E-state index contributed by atoms with van der Waals surface area (Å²) in [6, 6.07) is 23.6. The molecule has 0 radical (unpaired) electrons. The van der Waals surface area contributed by atoms with E-state index in [1.165, 1.54) is 24.3 Å². The maximum absolute atomic E-state index is 14.0. The number of esters is 1. The fourth-order valence-electron chi connectivity index (χ4n) is 5.56. The van der Waals surface area contributed by atoms with Gasteiger partial charge in [0.15, 0.2) is 0 Å². The number of carbonyl (C=O) groups is 4. The number of ether oxygens (including phenoxy) is 1. The molecule has 8 heteroatoms. The Morgan fingerprint density at radius 1 is 0.919 bits per heavy atom. The molecule has 0 spiro atoms. The van der Waals surface area contributed by atoms with Crippen LogP contribution in [0.5, 0.6) is 0 Å². The van der Waals surface area contributed by atoms with Crippen LogP contribution in [0.15, 0.2) is 84.9 Å². The summed E-state index contributed by atoms with van der Waals surface area (Å²) in [5, 5.41) is 12.6. The Hall–Kier alpha value is -4.30.